The van der Waals surface area contributed by atoms with Crippen LogP contribution in [0.3, 0.4) is 0 Å². The van der Waals surface area contributed by atoms with Crippen LogP contribution in [0.5, 0.6) is 5.75 Å². The number of hydrogen-bond acceptors (Lipinski definition) is 4. The zero-order chi connectivity index (χ0) is 14.5. The smallest absolute Gasteiger partial charge is 0.240 e. The van der Waals surface area contributed by atoms with E-state index >= 15 is 0 Å². The fourth-order valence-electron chi connectivity index (χ4n) is 1.50. The first kappa shape index (κ1) is 16.4. The van der Waals surface area contributed by atoms with Crippen molar-refractivity contribution < 1.29 is 13.2 Å². The van der Waals surface area contributed by atoms with Crippen LogP contribution in [-0.2, 0) is 10.0 Å². The molecular formula is C12H19BrN2O3S. The van der Waals surface area contributed by atoms with E-state index in [1.807, 2.05) is 19.0 Å². The Morgan fingerprint density at radius 1 is 1.37 bits per heavy atom. The van der Waals surface area contributed by atoms with E-state index in [1.54, 1.807) is 6.07 Å². The Balaban J connectivity index is 2.69. The summed E-state index contributed by atoms with van der Waals surface area (Å²) < 4.78 is 32.4. The summed E-state index contributed by atoms with van der Waals surface area (Å²) >= 11 is 3.28. The van der Waals surface area contributed by atoms with Crippen LogP contribution in [0.1, 0.15) is 6.42 Å². The fraction of sp³-hybridized carbons (Fsp3) is 0.500. The van der Waals surface area contributed by atoms with E-state index < -0.39 is 10.0 Å². The Bertz CT molecular complexity index is 518. The number of sulfonamides is 1. The molecular weight excluding hydrogens is 332 g/mol. The highest BCUT2D eigenvalue weighted by Gasteiger charge is 2.15. The van der Waals surface area contributed by atoms with Gasteiger partial charge in [-0.1, -0.05) is 0 Å². The van der Waals surface area contributed by atoms with Gasteiger partial charge in [-0.15, -0.1) is 0 Å². The average molecular weight is 351 g/mol. The van der Waals surface area contributed by atoms with Gasteiger partial charge in [0.05, 0.1) is 16.5 Å². The molecule has 0 heterocycles. The monoisotopic (exact) mass is 350 g/mol. The molecule has 1 aromatic carbocycles. The van der Waals surface area contributed by atoms with Crippen LogP contribution in [0, 0.1) is 0 Å². The number of halogens is 1. The van der Waals surface area contributed by atoms with Gasteiger partial charge in [-0.05, 0) is 61.2 Å². The van der Waals surface area contributed by atoms with Gasteiger partial charge in [0.25, 0.3) is 0 Å². The van der Waals surface area contributed by atoms with Crippen molar-refractivity contribution >= 4 is 26.0 Å². The lowest BCUT2D eigenvalue weighted by Gasteiger charge is -2.11. The van der Waals surface area contributed by atoms with Gasteiger partial charge in [0.2, 0.25) is 10.0 Å². The van der Waals surface area contributed by atoms with E-state index in [4.69, 9.17) is 4.74 Å². The minimum Gasteiger partial charge on any atom is -0.496 e. The molecule has 0 aromatic heterocycles. The molecule has 0 aliphatic rings. The van der Waals surface area contributed by atoms with Crippen LogP contribution in [0.4, 0.5) is 0 Å². The van der Waals surface area contributed by atoms with Crippen LogP contribution >= 0.6 is 15.9 Å². The number of benzene rings is 1. The van der Waals surface area contributed by atoms with E-state index in [0.29, 0.717) is 16.8 Å². The molecule has 19 heavy (non-hydrogen) atoms. The third-order valence-corrected chi connectivity index (χ3v) is 4.59. The Morgan fingerprint density at radius 3 is 2.58 bits per heavy atom. The van der Waals surface area contributed by atoms with E-state index in [2.05, 4.69) is 20.7 Å². The SMILES string of the molecule is COc1ccc(S(=O)(=O)NCCCN(C)C)cc1Br. The van der Waals surface area contributed by atoms with Gasteiger partial charge >= 0.3 is 0 Å². The standard InChI is InChI=1S/C12H19BrN2O3S/c1-15(2)8-4-7-14-19(16,17)10-5-6-12(18-3)11(13)9-10/h5-6,9,14H,4,7-8H2,1-3H3. The molecule has 0 aliphatic heterocycles. The zero-order valence-electron chi connectivity index (χ0n) is 11.3. The molecule has 1 aromatic rings. The normalized spacial score (nSPS) is 11.8. The van der Waals surface area contributed by atoms with Crippen LogP contribution in [-0.4, -0.2) is 47.6 Å². The third-order valence-electron chi connectivity index (χ3n) is 2.51. The van der Waals surface area contributed by atoms with E-state index in [1.165, 1.54) is 19.2 Å². The molecule has 0 saturated carbocycles. The first-order valence-electron chi connectivity index (χ1n) is 5.85. The number of ether oxygens (including phenoxy) is 1. The van der Waals surface area contributed by atoms with Gasteiger partial charge in [0.1, 0.15) is 5.75 Å². The van der Waals surface area contributed by atoms with E-state index in [0.717, 1.165) is 13.0 Å². The Labute approximate surface area is 123 Å². The lowest BCUT2D eigenvalue weighted by molar-refractivity contribution is 0.400. The summed E-state index contributed by atoms with van der Waals surface area (Å²) in [5.41, 5.74) is 0. The summed E-state index contributed by atoms with van der Waals surface area (Å²) in [6.45, 7) is 1.26. The molecule has 0 radical (unpaired) electrons. The molecule has 1 N–H and O–H groups in total. The number of nitrogens with zero attached hydrogens (tertiary/aromatic N) is 1. The first-order valence-corrected chi connectivity index (χ1v) is 8.12. The Hall–Kier alpha value is -0.630. The summed E-state index contributed by atoms with van der Waals surface area (Å²) in [7, 11) is 1.98. The highest BCUT2D eigenvalue weighted by Crippen LogP contribution is 2.27. The molecule has 0 amide bonds. The topological polar surface area (TPSA) is 58.6 Å². The van der Waals surface area contributed by atoms with Gasteiger partial charge in [0.15, 0.2) is 0 Å². The summed E-state index contributed by atoms with van der Waals surface area (Å²) in [6.07, 6.45) is 0.767. The van der Waals surface area contributed by atoms with Gasteiger partial charge < -0.3 is 9.64 Å². The largest absolute Gasteiger partial charge is 0.496 e. The predicted molar refractivity (Wildman–Crippen MR) is 79.1 cm³/mol. The van der Waals surface area contributed by atoms with Crippen molar-refractivity contribution in [3.63, 3.8) is 0 Å². The van der Waals surface area contributed by atoms with Gasteiger partial charge in [-0.25, -0.2) is 13.1 Å². The molecule has 5 nitrogen and oxygen atoms in total. The van der Waals surface area contributed by atoms with Crippen molar-refractivity contribution in [2.45, 2.75) is 11.3 Å². The van der Waals surface area contributed by atoms with Crippen molar-refractivity contribution in [3.05, 3.63) is 22.7 Å². The van der Waals surface area contributed by atoms with Crippen LogP contribution in [0.25, 0.3) is 0 Å². The maximum absolute atomic E-state index is 12.0. The molecule has 0 fully saturated rings. The number of hydrogen-bond donors (Lipinski definition) is 1. The van der Waals surface area contributed by atoms with Crippen molar-refractivity contribution in [1.29, 1.82) is 0 Å². The first-order chi connectivity index (χ1) is 8.86. The number of nitrogens with one attached hydrogen (secondary N) is 1. The Morgan fingerprint density at radius 2 is 2.05 bits per heavy atom. The second-order valence-electron chi connectivity index (χ2n) is 4.35. The molecule has 1 rings (SSSR count). The molecule has 7 heteroatoms. The molecule has 0 aliphatic carbocycles. The molecule has 0 saturated heterocycles. The quantitative estimate of drug-likeness (QED) is 0.760. The van der Waals surface area contributed by atoms with Crippen molar-refractivity contribution in [3.8, 4) is 5.75 Å². The molecule has 0 atom stereocenters. The summed E-state index contributed by atoms with van der Waals surface area (Å²) in [4.78, 5) is 2.24. The van der Waals surface area contributed by atoms with Crippen LogP contribution in [0.2, 0.25) is 0 Å². The predicted octanol–water partition coefficient (Wildman–Crippen LogP) is 1.69. The second kappa shape index (κ2) is 7.23. The molecule has 0 spiro atoms. The second-order valence-corrected chi connectivity index (χ2v) is 6.97. The minimum absolute atomic E-state index is 0.227. The molecule has 0 unspecified atom stereocenters. The summed E-state index contributed by atoms with van der Waals surface area (Å²) in [5, 5.41) is 0. The van der Waals surface area contributed by atoms with Crippen molar-refractivity contribution in [2.75, 3.05) is 34.3 Å². The number of rotatable bonds is 7. The van der Waals surface area contributed by atoms with E-state index in [-0.39, 0.29) is 4.90 Å². The number of methoxy groups -OCH3 is 1. The highest BCUT2D eigenvalue weighted by atomic mass is 79.9. The lowest BCUT2D eigenvalue weighted by atomic mass is 10.3. The fourth-order valence-corrected chi connectivity index (χ4v) is 3.29. The van der Waals surface area contributed by atoms with Crippen LogP contribution < -0.4 is 9.46 Å². The summed E-state index contributed by atoms with van der Waals surface area (Å²) in [6, 6.07) is 4.68. The minimum atomic E-state index is -3.46. The van der Waals surface area contributed by atoms with Crippen LogP contribution in [0.15, 0.2) is 27.6 Å². The van der Waals surface area contributed by atoms with E-state index in [9.17, 15) is 8.42 Å². The maximum atomic E-state index is 12.0. The lowest BCUT2D eigenvalue weighted by Crippen LogP contribution is -2.27. The Kier molecular flexibility index (Phi) is 6.25. The maximum Gasteiger partial charge on any atom is 0.240 e. The zero-order valence-corrected chi connectivity index (χ0v) is 13.7. The van der Waals surface area contributed by atoms with Gasteiger partial charge in [0, 0.05) is 6.54 Å². The third kappa shape index (κ3) is 5.10. The average Bonchev–Trinajstić information content (AvgIpc) is 2.34. The molecule has 0 bridgehead atoms. The molecule has 108 valence electrons. The summed E-state index contributed by atoms with van der Waals surface area (Å²) in [5.74, 6) is 0.603. The van der Waals surface area contributed by atoms with Gasteiger partial charge in [-0.2, -0.15) is 0 Å². The van der Waals surface area contributed by atoms with Crippen molar-refractivity contribution in [1.82, 2.24) is 9.62 Å². The van der Waals surface area contributed by atoms with Gasteiger partial charge in [-0.3, -0.25) is 0 Å². The van der Waals surface area contributed by atoms with Crippen molar-refractivity contribution in [2.24, 2.45) is 0 Å². The highest BCUT2D eigenvalue weighted by molar-refractivity contribution is 9.10.